The fourth-order valence-corrected chi connectivity index (χ4v) is 3.86. The average Bonchev–Trinajstić information content (AvgIpc) is 3.15. The van der Waals surface area contributed by atoms with Crippen molar-refractivity contribution in [3.05, 3.63) is 53.4 Å². The third-order valence-corrected chi connectivity index (χ3v) is 5.61. The molecule has 0 unspecified atom stereocenters. The second-order valence-electron chi connectivity index (χ2n) is 6.78. The van der Waals surface area contributed by atoms with Crippen LogP contribution in [-0.2, 0) is 10.5 Å². The van der Waals surface area contributed by atoms with Gasteiger partial charge in [-0.05, 0) is 12.5 Å². The summed E-state index contributed by atoms with van der Waals surface area (Å²) in [6.07, 6.45) is 0. The topological polar surface area (TPSA) is 78.7 Å². The van der Waals surface area contributed by atoms with Crippen LogP contribution in [0.1, 0.15) is 21.8 Å². The Morgan fingerprint density at radius 1 is 1.18 bits per heavy atom. The highest BCUT2D eigenvalue weighted by Gasteiger charge is 2.24. The Labute approximate surface area is 169 Å². The summed E-state index contributed by atoms with van der Waals surface area (Å²) in [5, 5.41) is 6.77. The zero-order chi connectivity index (χ0) is 19.8. The largest absolute Gasteiger partial charge is 0.361 e. The molecule has 1 aromatic carbocycles. The number of aromatic nitrogens is 1. The first-order chi connectivity index (χ1) is 13.6. The molecule has 28 heavy (non-hydrogen) atoms. The van der Waals surface area contributed by atoms with Crippen LogP contribution in [0.4, 0.5) is 0 Å². The summed E-state index contributed by atoms with van der Waals surface area (Å²) in [6, 6.07) is 11.8. The lowest BCUT2D eigenvalue weighted by molar-refractivity contribution is -0.118. The smallest absolute Gasteiger partial charge is 0.276 e. The standard InChI is InChI=1S/C20H26N4O3S/c1-16-13-18(22-27-16)20(26)24-11-9-23(10-12-24)8-7-21-19(25)15-28-14-17-5-3-2-4-6-17/h2-6,13H,7-12,14-15H2,1H3,(H,21,25). The molecule has 2 amide bonds. The minimum absolute atomic E-state index is 0.0659. The van der Waals surface area contributed by atoms with Crippen molar-refractivity contribution in [2.45, 2.75) is 12.7 Å². The van der Waals surface area contributed by atoms with Crippen molar-refractivity contribution in [3.63, 3.8) is 0 Å². The SMILES string of the molecule is Cc1cc(C(=O)N2CCN(CCNC(=O)CSCc3ccccc3)CC2)no1. The highest BCUT2D eigenvalue weighted by molar-refractivity contribution is 7.99. The lowest BCUT2D eigenvalue weighted by Gasteiger charge is -2.34. The van der Waals surface area contributed by atoms with Crippen LogP contribution in [0, 0.1) is 6.92 Å². The number of amides is 2. The molecular weight excluding hydrogens is 376 g/mol. The fourth-order valence-electron chi connectivity index (χ4n) is 3.04. The molecule has 2 heterocycles. The minimum atomic E-state index is -0.0831. The maximum Gasteiger partial charge on any atom is 0.276 e. The molecule has 1 N–H and O–H groups in total. The molecule has 2 aromatic rings. The van der Waals surface area contributed by atoms with Crippen molar-refractivity contribution in [1.82, 2.24) is 20.3 Å². The van der Waals surface area contributed by atoms with E-state index in [0.717, 1.165) is 25.4 Å². The van der Waals surface area contributed by atoms with Crippen molar-refractivity contribution in [2.75, 3.05) is 45.0 Å². The van der Waals surface area contributed by atoms with E-state index in [-0.39, 0.29) is 11.8 Å². The van der Waals surface area contributed by atoms with Crippen molar-refractivity contribution in [2.24, 2.45) is 0 Å². The fraction of sp³-hybridized carbons (Fsp3) is 0.450. The van der Waals surface area contributed by atoms with Gasteiger partial charge in [-0.15, -0.1) is 11.8 Å². The summed E-state index contributed by atoms with van der Waals surface area (Å²) in [5.74, 6) is 1.93. The summed E-state index contributed by atoms with van der Waals surface area (Å²) in [5.41, 5.74) is 1.60. The number of carbonyl (C=O) groups excluding carboxylic acids is 2. The molecule has 0 radical (unpaired) electrons. The third kappa shape index (κ3) is 6.10. The Hall–Kier alpha value is -2.32. The molecule has 3 rings (SSSR count). The Bertz CT molecular complexity index is 773. The Morgan fingerprint density at radius 3 is 2.61 bits per heavy atom. The highest BCUT2D eigenvalue weighted by atomic mass is 32.2. The number of thioether (sulfide) groups is 1. The van der Waals surface area contributed by atoms with Gasteiger partial charge in [-0.1, -0.05) is 35.5 Å². The van der Waals surface area contributed by atoms with Crippen LogP contribution < -0.4 is 5.32 Å². The van der Waals surface area contributed by atoms with E-state index < -0.39 is 0 Å². The van der Waals surface area contributed by atoms with Gasteiger partial charge in [-0.25, -0.2) is 0 Å². The average molecular weight is 403 g/mol. The molecule has 0 aliphatic carbocycles. The second kappa shape index (κ2) is 10.3. The second-order valence-corrected chi connectivity index (χ2v) is 7.77. The number of nitrogens with zero attached hydrogens (tertiary/aromatic N) is 3. The number of nitrogens with one attached hydrogen (secondary N) is 1. The van der Waals surface area contributed by atoms with Crippen LogP contribution in [0.25, 0.3) is 0 Å². The van der Waals surface area contributed by atoms with E-state index in [0.29, 0.717) is 36.8 Å². The van der Waals surface area contributed by atoms with Crippen molar-refractivity contribution >= 4 is 23.6 Å². The first kappa shape index (κ1) is 20.4. The minimum Gasteiger partial charge on any atom is -0.361 e. The molecule has 0 saturated carbocycles. The van der Waals surface area contributed by atoms with E-state index in [4.69, 9.17) is 4.52 Å². The van der Waals surface area contributed by atoms with Gasteiger partial charge in [-0.2, -0.15) is 0 Å². The summed E-state index contributed by atoms with van der Waals surface area (Å²) < 4.78 is 4.98. The normalized spacial score (nSPS) is 14.8. The van der Waals surface area contributed by atoms with E-state index in [1.165, 1.54) is 5.56 Å². The molecule has 150 valence electrons. The van der Waals surface area contributed by atoms with Crippen LogP contribution in [0.3, 0.4) is 0 Å². The Kier molecular flexibility index (Phi) is 7.50. The first-order valence-electron chi connectivity index (χ1n) is 9.45. The van der Waals surface area contributed by atoms with Gasteiger partial charge < -0.3 is 14.7 Å². The maximum absolute atomic E-state index is 12.4. The number of aryl methyl sites for hydroxylation is 1. The molecule has 0 bridgehead atoms. The van der Waals surface area contributed by atoms with Crippen LogP contribution in [0.2, 0.25) is 0 Å². The van der Waals surface area contributed by atoms with Gasteiger partial charge in [0.05, 0.1) is 5.75 Å². The van der Waals surface area contributed by atoms with Gasteiger partial charge in [-0.3, -0.25) is 14.5 Å². The van der Waals surface area contributed by atoms with Gasteiger partial charge in [0.15, 0.2) is 5.69 Å². The van der Waals surface area contributed by atoms with Crippen LogP contribution in [0.5, 0.6) is 0 Å². The molecule has 1 aliphatic heterocycles. The van der Waals surface area contributed by atoms with Gasteiger partial charge in [0, 0.05) is 51.1 Å². The van der Waals surface area contributed by atoms with Gasteiger partial charge >= 0.3 is 0 Å². The van der Waals surface area contributed by atoms with Crippen LogP contribution in [-0.4, -0.2) is 71.8 Å². The zero-order valence-corrected chi connectivity index (χ0v) is 16.9. The molecule has 1 fully saturated rings. The molecule has 8 heteroatoms. The van der Waals surface area contributed by atoms with Crippen molar-refractivity contribution < 1.29 is 14.1 Å². The Morgan fingerprint density at radius 2 is 1.93 bits per heavy atom. The summed E-state index contributed by atoms with van der Waals surface area (Å²) in [6.45, 7) is 6.09. The molecule has 1 aliphatic rings. The van der Waals surface area contributed by atoms with E-state index in [9.17, 15) is 9.59 Å². The molecule has 1 saturated heterocycles. The van der Waals surface area contributed by atoms with Gasteiger partial charge in [0.25, 0.3) is 5.91 Å². The number of hydrogen-bond acceptors (Lipinski definition) is 6. The summed E-state index contributed by atoms with van der Waals surface area (Å²) in [7, 11) is 0. The third-order valence-electron chi connectivity index (χ3n) is 4.60. The quantitative estimate of drug-likeness (QED) is 0.725. The summed E-state index contributed by atoms with van der Waals surface area (Å²) >= 11 is 1.62. The number of carbonyl (C=O) groups is 2. The van der Waals surface area contributed by atoms with Crippen LogP contribution >= 0.6 is 11.8 Å². The van der Waals surface area contributed by atoms with E-state index in [1.54, 1.807) is 29.7 Å². The lowest BCUT2D eigenvalue weighted by Crippen LogP contribution is -2.50. The van der Waals surface area contributed by atoms with Crippen LogP contribution in [0.15, 0.2) is 40.9 Å². The van der Waals surface area contributed by atoms with Gasteiger partial charge in [0.1, 0.15) is 5.76 Å². The van der Waals surface area contributed by atoms with Gasteiger partial charge in [0.2, 0.25) is 5.91 Å². The monoisotopic (exact) mass is 402 g/mol. The Balaban J connectivity index is 1.28. The molecule has 0 spiro atoms. The summed E-state index contributed by atoms with van der Waals surface area (Å²) in [4.78, 5) is 28.4. The lowest BCUT2D eigenvalue weighted by atomic mass is 10.2. The highest BCUT2D eigenvalue weighted by Crippen LogP contribution is 2.11. The van der Waals surface area contributed by atoms with E-state index >= 15 is 0 Å². The van der Waals surface area contributed by atoms with Crippen molar-refractivity contribution in [3.8, 4) is 0 Å². The molecule has 7 nitrogen and oxygen atoms in total. The molecular formula is C20H26N4O3S. The molecule has 1 aromatic heterocycles. The maximum atomic E-state index is 12.4. The van der Waals surface area contributed by atoms with Crippen molar-refractivity contribution in [1.29, 1.82) is 0 Å². The molecule has 0 atom stereocenters. The number of piperazine rings is 1. The first-order valence-corrected chi connectivity index (χ1v) is 10.6. The predicted molar refractivity (Wildman–Crippen MR) is 109 cm³/mol. The van der Waals surface area contributed by atoms with E-state index in [2.05, 4.69) is 27.5 Å². The predicted octanol–water partition coefficient (Wildman–Crippen LogP) is 1.79. The van der Waals surface area contributed by atoms with E-state index in [1.807, 2.05) is 18.2 Å². The number of rotatable bonds is 8. The zero-order valence-electron chi connectivity index (χ0n) is 16.1. The number of hydrogen-bond donors (Lipinski definition) is 1. The number of benzene rings is 1.